The normalized spacial score (nSPS) is 28.7. The van der Waals surface area contributed by atoms with E-state index in [0.29, 0.717) is 6.54 Å². The summed E-state index contributed by atoms with van der Waals surface area (Å²) in [5.41, 5.74) is 1.00. The van der Waals surface area contributed by atoms with E-state index in [-0.39, 0.29) is 11.8 Å². The zero-order chi connectivity index (χ0) is 17.3. The number of hydrogen-bond donors (Lipinski definition) is 0. The third-order valence-corrected chi connectivity index (χ3v) is 4.74. The highest BCUT2D eigenvalue weighted by Crippen LogP contribution is 2.41. The molecule has 3 rings (SSSR count). The number of hydrogen-bond acceptors (Lipinski definition) is 6. The van der Waals surface area contributed by atoms with Crippen LogP contribution in [0.25, 0.3) is 0 Å². The number of esters is 2. The van der Waals surface area contributed by atoms with E-state index >= 15 is 0 Å². The molecule has 126 valence electrons. The van der Waals surface area contributed by atoms with Crippen LogP contribution in [0.2, 0.25) is 0 Å². The van der Waals surface area contributed by atoms with Crippen LogP contribution in [0.3, 0.4) is 0 Å². The summed E-state index contributed by atoms with van der Waals surface area (Å²) >= 11 is 0. The summed E-state index contributed by atoms with van der Waals surface area (Å²) in [5.74, 6) is -2.87. The standard InChI is InChI=1S/C18H19NO5/c1-23-17(21)14-12-8-9-13(20)16(15(14)18(22)24-2)19(12)10-11-6-4-3-5-7-11/h3-9,12,14-16H,10H2,1-2H3/t12-,14+,15-,16-/m0/s1. The van der Waals surface area contributed by atoms with Crippen LogP contribution in [0.15, 0.2) is 42.5 Å². The number of carbonyl (C=O) groups excluding carboxylic acids is 3. The molecule has 1 fully saturated rings. The van der Waals surface area contributed by atoms with Crippen LogP contribution in [-0.4, -0.2) is 48.9 Å². The smallest absolute Gasteiger partial charge is 0.311 e. The fraction of sp³-hybridized carbons (Fsp3) is 0.389. The Morgan fingerprint density at radius 3 is 2.29 bits per heavy atom. The Bertz CT molecular complexity index is 684. The van der Waals surface area contributed by atoms with Gasteiger partial charge in [0.15, 0.2) is 5.78 Å². The van der Waals surface area contributed by atoms with Crippen LogP contribution < -0.4 is 0 Å². The summed E-state index contributed by atoms with van der Waals surface area (Å²) in [7, 11) is 2.55. The summed E-state index contributed by atoms with van der Waals surface area (Å²) in [6, 6.07) is 8.54. The molecule has 4 atom stereocenters. The lowest BCUT2D eigenvalue weighted by Gasteiger charge is -2.31. The molecule has 0 amide bonds. The fourth-order valence-electron chi connectivity index (χ4n) is 3.70. The zero-order valence-corrected chi connectivity index (χ0v) is 13.5. The highest BCUT2D eigenvalue weighted by atomic mass is 16.5. The second-order valence-electron chi connectivity index (χ2n) is 5.95. The third-order valence-electron chi connectivity index (χ3n) is 4.74. The molecule has 0 saturated carbocycles. The second kappa shape index (κ2) is 6.57. The molecular formula is C18H19NO5. The second-order valence-corrected chi connectivity index (χ2v) is 5.95. The summed E-state index contributed by atoms with van der Waals surface area (Å²) < 4.78 is 9.74. The van der Waals surface area contributed by atoms with Gasteiger partial charge in [-0.1, -0.05) is 36.4 Å². The molecule has 0 aromatic heterocycles. The molecule has 1 aromatic carbocycles. The third kappa shape index (κ3) is 2.63. The van der Waals surface area contributed by atoms with Gasteiger partial charge >= 0.3 is 11.9 Å². The minimum absolute atomic E-state index is 0.191. The molecule has 1 saturated heterocycles. The molecule has 0 N–H and O–H groups in total. The van der Waals surface area contributed by atoms with Crippen LogP contribution in [0.1, 0.15) is 5.56 Å². The van der Waals surface area contributed by atoms with E-state index in [4.69, 9.17) is 9.47 Å². The highest BCUT2D eigenvalue weighted by Gasteiger charge is 2.58. The molecule has 2 aliphatic rings. The largest absolute Gasteiger partial charge is 0.469 e. The number of nitrogens with zero attached hydrogens (tertiary/aromatic N) is 1. The van der Waals surface area contributed by atoms with Crippen molar-refractivity contribution in [1.82, 2.24) is 4.90 Å². The number of ketones is 1. The molecule has 0 aliphatic carbocycles. The molecule has 6 nitrogen and oxygen atoms in total. The lowest BCUT2D eigenvalue weighted by Crippen LogP contribution is -2.45. The Hall–Kier alpha value is -2.47. The molecule has 2 aliphatic heterocycles. The van der Waals surface area contributed by atoms with E-state index < -0.39 is 29.8 Å². The van der Waals surface area contributed by atoms with Gasteiger partial charge in [-0.15, -0.1) is 0 Å². The maximum atomic E-state index is 12.5. The van der Waals surface area contributed by atoms with Gasteiger partial charge in [-0.25, -0.2) is 0 Å². The van der Waals surface area contributed by atoms with Gasteiger partial charge in [0.1, 0.15) is 0 Å². The summed E-state index contributed by atoms with van der Waals surface area (Å²) in [5, 5.41) is 0. The topological polar surface area (TPSA) is 72.9 Å². The maximum Gasteiger partial charge on any atom is 0.311 e. The van der Waals surface area contributed by atoms with E-state index in [2.05, 4.69) is 0 Å². The lowest BCUT2D eigenvalue weighted by molar-refractivity contribution is -0.157. The van der Waals surface area contributed by atoms with Crippen molar-refractivity contribution >= 4 is 17.7 Å². The Balaban J connectivity index is 2.00. The van der Waals surface area contributed by atoms with Gasteiger partial charge in [0.25, 0.3) is 0 Å². The Labute approximate surface area is 140 Å². The maximum absolute atomic E-state index is 12.5. The van der Waals surface area contributed by atoms with Crippen molar-refractivity contribution in [2.75, 3.05) is 14.2 Å². The monoisotopic (exact) mass is 329 g/mol. The van der Waals surface area contributed by atoms with Crippen molar-refractivity contribution in [3.63, 3.8) is 0 Å². The van der Waals surface area contributed by atoms with Gasteiger partial charge < -0.3 is 9.47 Å². The summed E-state index contributed by atoms with van der Waals surface area (Å²) in [6.45, 7) is 0.466. The van der Waals surface area contributed by atoms with Crippen LogP contribution in [0.5, 0.6) is 0 Å². The number of benzene rings is 1. The first kappa shape index (κ1) is 16.4. The molecule has 2 bridgehead atoms. The van der Waals surface area contributed by atoms with Gasteiger partial charge in [0, 0.05) is 12.6 Å². The zero-order valence-electron chi connectivity index (χ0n) is 13.5. The van der Waals surface area contributed by atoms with Crippen molar-refractivity contribution in [3.05, 3.63) is 48.0 Å². The van der Waals surface area contributed by atoms with Gasteiger partial charge in [0.05, 0.1) is 32.1 Å². The Morgan fingerprint density at radius 1 is 1.04 bits per heavy atom. The molecule has 6 heteroatoms. The molecule has 0 unspecified atom stereocenters. The first-order valence-corrected chi connectivity index (χ1v) is 7.76. The molecular weight excluding hydrogens is 310 g/mol. The van der Waals surface area contributed by atoms with Gasteiger partial charge in [-0.3, -0.25) is 19.3 Å². The minimum atomic E-state index is -0.862. The van der Waals surface area contributed by atoms with Gasteiger partial charge in [-0.2, -0.15) is 0 Å². The molecule has 24 heavy (non-hydrogen) atoms. The van der Waals surface area contributed by atoms with E-state index in [1.165, 1.54) is 20.3 Å². The molecule has 0 spiro atoms. The highest BCUT2D eigenvalue weighted by molar-refractivity contribution is 6.01. The van der Waals surface area contributed by atoms with Crippen molar-refractivity contribution in [2.45, 2.75) is 18.6 Å². The number of carbonyl (C=O) groups is 3. The lowest BCUT2D eigenvalue weighted by atomic mass is 9.87. The van der Waals surface area contributed by atoms with Crippen molar-refractivity contribution < 1.29 is 23.9 Å². The van der Waals surface area contributed by atoms with E-state index in [1.54, 1.807) is 6.08 Å². The van der Waals surface area contributed by atoms with Gasteiger partial charge in [-0.05, 0) is 11.6 Å². The van der Waals surface area contributed by atoms with Crippen molar-refractivity contribution in [3.8, 4) is 0 Å². The molecule has 0 radical (unpaired) electrons. The fourth-order valence-corrected chi connectivity index (χ4v) is 3.70. The van der Waals surface area contributed by atoms with Crippen molar-refractivity contribution in [1.29, 1.82) is 0 Å². The number of methoxy groups -OCH3 is 2. The predicted molar refractivity (Wildman–Crippen MR) is 84.7 cm³/mol. The first-order chi connectivity index (χ1) is 11.6. The SMILES string of the molecule is COC(=O)[C@H]1[C@H](C(=O)OC)[C@@H]2C(=O)C=C[C@@H]1N2Cc1ccccc1. The molecule has 1 aromatic rings. The molecule has 2 heterocycles. The number of ether oxygens (including phenoxy) is 2. The minimum Gasteiger partial charge on any atom is -0.469 e. The van der Waals surface area contributed by atoms with Gasteiger partial charge in [0.2, 0.25) is 0 Å². The Kier molecular flexibility index (Phi) is 4.49. The van der Waals surface area contributed by atoms with Crippen LogP contribution in [0.4, 0.5) is 0 Å². The average molecular weight is 329 g/mol. The number of rotatable bonds is 4. The van der Waals surface area contributed by atoms with E-state index in [9.17, 15) is 14.4 Å². The predicted octanol–water partition coefficient (Wildman–Crippen LogP) is 0.957. The van der Waals surface area contributed by atoms with Crippen molar-refractivity contribution in [2.24, 2.45) is 11.8 Å². The summed E-state index contributed by atoms with van der Waals surface area (Å²) in [4.78, 5) is 38.9. The Morgan fingerprint density at radius 2 is 1.67 bits per heavy atom. The van der Waals surface area contributed by atoms with E-state index in [1.807, 2.05) is 35.2 Å². The quantitative estimate of drug-likeness (QED) is 0.766. The van der Waals surface area contributed by atoms with E-state index in [0.717, 1.165) is 5.56 Å². The number of fused-ring (bicyclic) bond motifs is 2. The van der Waals surface area contributed by atoms with Crippen LogP contribution >= 0.6 is 0 Å². The van der Waals surface area contributed by atoms with Crippen LogP contribution in [0, 0.1) is 11.8 Å². The van der Waals surface area contributed by atoms with Crippen LogP contribution in [-0.2, 0) is 30.4 Å². The summed E-state index contributed by atoms with van der Waals surface area (Å²) in [6.07, 6.45) is 3.14. The average Bonchev–Trinajstić information content (AvgIpc) is 2.84. The first-order valence-electron chi connectivity index (χ1n) is 7.76.